The lowest BCUT2D eigenvalue weighted by molar-refractivity contribution is -0.133. The van der Waals surface area contributed by atoms with Gasteiger partial charge in [0.15, 0.2) is 5.84 Å². The zero-order chi connectivity index (χ0) is 27.9. The molecule has 2 aliphatic heterocycles. The predicted molar refractivity (Wildman–Crippen MR) is 143 cm³/mol. The SMILES string of the molecule is CN(c1ccc2c(c1)S(=O)(=O)N=C(C1=C(O)C3C4C=CC(C4)C3N(Cc3ccc(F)cc3)C1=O)N2)S(C)(=O)=O. The Bertz CT molecular complexity index is 1720. The first kappa shape index (κ1) is 25.6. The second-order valence-corrected chi connectivity index (χ2v) is 13.8. The van der Waals surface area contributed by atoms with Crippen LogP contribution in [0.1, 0.15) is 12.0 Å². The topological polar surface area (TPSA) is 136 Å². The number of rotatable bonds is 5. The van der Waals surface area contributed by atoms with E-state index in [2.05, 4.69) is 9.71 Å². The number of amidine groups is 1. The average molecular weight is 573 g/mol. The van der Waals surface area contributed by atoms with Crippen molar-refractivity contribution in [3.8, 4) is 0 Å². The van der Waals surface area contributed by atoms with Crippen LogP contribution >= 0.6 is 0 Å². The lowest BCUT2D eigenvalue weighted by atomic mass is 9.80. The Morgan fingerprint density at radius 3 is 2.54 bits per heavy atom. The Labute approximate surface area is 225 Å². The van der Waals surface area contributed by atoms with Crippen molar-refractivity contribution in [2.75, 3.05) is 22.9 Å². The van der Waals surface area contributed by atoms with Gasteiger partial charge in [-0.3, -0.25) is 9.10 Å². The average Bonchev–Trinajstić information content (AvgIpc) is 3.49. The quantitative estimate of drug-likeness (QED) is 0.526. The molecule has 1 fully saturated rings. The summed E-state index contributed by atoms with van der Waals surface area (Å²) in [6, 6.07) is 9.46. The van der Waals surface area contributed by atoms with E-state index in [1.54, 1.807) is 17.0 Å². The van der Waals surface area contributed by atoms with Crippen LogP contribution < -0.4 is 9.62 Å². The summed E-state index contributed by atoms with van der Waals surface area (Å²) in [6.07, 6.45) is 5.79. The molecule has 2 aromatic rings. The molecule has 13 heteroatoms. The minimum Gasteiger partial charge on any atom is -0.511 e. The number of halogens is 1. The standard InChI is InChI=1S/C26H25FN4O6S2/c1-30(38(2,34)35)18-9-10-19-20(12-18)39(36,37)29-25(28-19)22-24(32)21-15-5-6-16(11-15)23(21)31(26(22)33)13-14-3-7-17(27)8-4-14/h3-10,12,15-16,21,23,32H,11,13H2,1-2H3,(H,28,29). The molecule has 4 atom stereocenters. The van der Waals surface area contributed by atoms with Crippen LogP contribution in [0.5, 0.6) is 0 Å². The second kappa shape index (κ2) is 8.65. The molecular formula is C26H25FN4O6S2. The largest absolute Gasteiger partial charge is 0.511 e. The van der Waals surface area contributed by atoms with Gasteiger partial charge in [-0.2, -0.15) is 8.42 Å². The molecule has 0 spiro atoms. The fourth-order valence-electron chi connectivity index (χ4n) is 5.97. The normalized spacial score (nSPS) is 26.7. The first-order valence-electron chi connectivity index (χ1n) is 12.2. The highest BCUT2D eigenvalue weighted by Crippen LogP contribution is 2.52. The van der Waals surface area contributed by atoms with E-state index in [0.717, 1.165) is 17.0 Å². The summed E-state index contributed by atoms with van der Waals surface area (Å²) in [4.78, 5) is 15.3. The van der Waals surface area contributed by atoms with Crippen LogP contribution in [0, 0.1) is 23.6 Å². The molecule has 0 radical (unpaired) electrons. The number of fused-ring (bicyclic) bond motifs is 6. The van der Waals surface area contributed by atoms with E-state index >= 15 is 0 Å². The van der Waals surface area contributed by atoms with Gasteiger partial charge in [-0.1, -0.05) is 24.3 Å². The molecule has 1 saturated carbocycles. The molecule has 4 aliphatic rings. The lowest BCUT2D eigenvalue weighted by Crippen LogP contribution is -2.53. The van der Waals surface area contributed by atoms with Gasteiger partial charge in [-0.05, 0) is 54.2 Å². The maximum Gasteiger partial charge on any atom is 0.286 e. The van der Waals surface area contributed by atoms with Crippen LogP contribution in [0.4, 0.5) is 15.8 Å². The van der Waals surface area contributed by atoms with Crippen molar-refractivity contribution in [3.63, 3.8) is 0 Å². The van der Waals surface area contributed by atoms with E-state index < -0.39 is 37.7 Å². The van der Waals surface area contributed by atoms with E-state index in [4.69, 9.17) is 0 Å². The van der Waals surface area contributed by atoms with Crippen LogP contribution in [0.15, 0.2) is 75.2 Å². The third-order valence-electron chi connectivity index (χ3n) is 7.90. The smallest absolute Gasteiger partial charge is 0.286 e. The fraction of sp³-hybridized carbons (Fsp3) is 0.308. The minimum absolute atomic E-state index is 0.0269. The number of anilines is 2. The number of sulfonamides is 2. The number of nitrogens with one attached hydrogen (secondary N) is 1. The molecular weight excluding hydrogens is 547 g/mol. The number of aliphatic hydroxyl groups excluding tert-OH is 1. The third-order valence-corrected chi connectivity index (χ3v) is 10.4. The summed E-state index contributed by atoms with van der Waals surface area (Å²) in [5.41, 5.74) is 0.679. The monoisotopic (exact) mass is 572 g/mol. The van der Waals surface area contributed by atoms with Gasteiger partial charge in [0.2, 0.25) is 10.0 Å². The van der Waals surface area contributed by atoms with Gasteiger partial charge in [0.05, 0.1) is 17.6 Å². The van der Waals surface area contributed by atoms with Crippen molar-refractivity contribution >= 4 is 43.2 Å². The molecule has 0 aromatic heterocycles. The number of carbonyl (C=O) groups excluding carboxylic acids is 1. The molecule has 10 nitrogen and oxygen atoms in total. The molecule has 2 aliphatic carbocycles. The van der Waals surface area contributed by atoms with E-state index in [0.29, 0.717) is 5.56 Å². The number of amides is 1. The first-order chi connectivity index (χ1) is 18.3. The summed E-state index contributed by atoms with van der Waals surface area (Å²) in [6.45, 7) is 0.145. The summed E-state index contributed by atoms with van der Waals surface area (Å²) in [5, 5.41) is 14.3. The fourth-order valence-corrected chi connectivity index (χ4v) is 7.61. The van der Waals surface area contributed by atoms with Gasteiger partial charge >= 0.3 is 0 Å². The number of hydrogen-bond acceptors (Lipinski definition) is 7. The number of aliphatic hydroxyl groups is 1. The Balaban J connectivity index is 1.42. The van der Waals surface area contributed by atoms with Gasteiger partial charge in [0.1, 0.15) is 22.0 Å². The highest BCUT2D eigenvalue weighted by Gasteiger charge is 2.55. The Kier molecular flexibility index (Phi) is 5.67. The van der Waals surface area contributed by atoms with Crippen LogP contribution in [-0.2, 0) is 31.4 Å². The van der Waals surface area contributed by atoms with E-state index in [9.17, 15) is 31.1 Å². The van der Waals surface area contributed by atoms with Gasteiger partial charge in [0.25, 0.3) is 15.9 Å². The van der Waals surface area contributed by atoms with Crippen molar-refractivity contribution in [1.82, 2.24) is 4.90 Å². The summed E-state index contributed by atoms with van der Waals surface area (Å²) in [7, 11) is -6.71. The minimum atomic E-state index is -4.37. The zero-order valence-electron chi connectivity index (χ0n) is 20.9. The number of nitrogens with zero attached hydrogens (tertiary/aromatic N) is 3. The van der Waals surface area contributed by atoms with Crippen LogP contribution in [-0.4, -0.2) is 57.9 Å². The predicted octanol–water partition coefficient (Wildman–Crippen LogP) is 2.78. The maximum absolute atomic E-state index is 13.9. The molecule has 2 N–H and O–H groups in total. The molecule has 204 valence electrons. The number of allylic oxidation sites excluding steroid dienone is 1. The van der Waals surface area contributed by atoms with Crippen LogP contribution in [0.3, 0.4) is 0 Å². The Morgan fingerprint density at radius 2 is 1.85 bits per heavy atom. The third kappa shape index (κ3) is 4.11. The number of carbonyl (C=O) groups is 1. The first-order valence-corrected chi connectivity index (χ1v) is 15.5. The van der Waals surface area contributed by atoms with Crippen molar-refractivity contribution in [2.24, 2.45) is 22.2 Å². The molecule has 2 bridgehead atoms. The van der Waals surface area contributed by atoms with Crippen molar-refractivity contribution in [2.45, 2.75) is 23.9 Å². The van der Waals surface area contributed by atoms with Gasteiger partial charge in [-0.15, -0.1) is 4.40 Å². The highest BCUT2D eigenvalue weighted by atomic mass is 32.2. The van der Waals surface area contributed by atoms with Gasteiger partial charge < -0.3 is 15.3 Å². The van der Waals surface area contributed by atoms with E-state index in [1.807, 2.05) is 12.2 Å². The molecule has 6 rings (SSSR count). The van der Waals surface area contributed by atoms with Crippen molar-refractivity contribution in [3.05, 3.63) is 77.3 Å². The van der Waals surface area contributed by atoms with Gasteiger partial charge in [0, 0.05) is 25.6 Å². The van der Waals surface area contributed by atoms with Crippen molar-refractivity contribution in [1.29, 1.82) is 0 Å². The molecule has 39 heavy (non-hydrogen) atoms. The second-order valence-electron chi connectivity index (χ2n) is 10.2. The van der Waals surface area contributed by atoms with E-state index in [-0.39, 0.29) is 57.9 Å². The molecule has 2 heterocycles. The van der Waals surface area contributed by atoms with Gasteiger partial charge in [-0.25, -0.2) is 12.8 Å². The summed E-state index contributed by atoms with van der Waals surface area (Å²) >= 11 is 0. The Morgan fingerprint density at radius 1 is 1.15 bits per heavy atom. The van der Waals surface area contributed by atoms with E-state index in [1.165, 1.54) is 37.4 Å². The highest BCUT2D eigenvalue weighted by molar-refractivity contribution is 7.92. The summed E-state index contributed by atoms with van der Waals surface area (Å²) in [5.74, 6) is -1.94. The molecule has 0 saturated heterocycles. The summed E-state index contributed by atoms with van der Waals surface area (Å²) < 4.78 is 68.7. The lowest BCUT2D eigenvalue weighted by Gasteiger charge is -2.42. The Hall–Kier alpha value is -3.71. The maximum atomic E-state index is 13.9. The molecule has 1 amide bonds. The molecule has 4 unspecified atom stereocenters. The molecule has 2 aromatic carbocycles. The zero-order valence-corrected chi connectivity index (χ0v) is 22.6. The number of hydrogen-bond donors (Lipinski definition) is 2. The van der Waals surface area contributed by atoms with Crippen LogP contribution in [0.2, 0.25) is 0 Å². The van der Waals surface area contributed by atoms with Crippen molar-refractivity contribution < 1.29 is 31.1 Å². The van der Waals surface area contributed by atoms with Crippen LogP contribution in [0.25, 0.3) is 0 Å². The number of benzene rings is 2.